The van der Waals surface area contributed by atoms with Gasteiger partial charge in [-0.25, -0.2) is 0 Å². The number of carbonyl (C=O) groups excluding carboxylic acids is 1. The van der Waals surface area contributed by atoms with Crippen LogP contribution in [0.4, 0.5) is 0 Å². The molecule has 2 rings (SSSR count). The number of esters is 1. The third kappa shape index (κ3) is 1.23. The summed E-state index contributed by atoms with van der Waals surface area (Å²) in [4.78, 5) is 11.1. The molecule has 2 heteroatoms. The van der Waals surface area contributed by atoms with Gasteiger partial charge in [0.2, 0.25) is 0 Å². The van der Waals surface area contributed by atoms with Crippen molar-refractivity contribution in [3.63, 3.8) is 0 Å². The van der Waals surface area contributed by atoms with Gasteiger partial charge in [0.25, 0.3) is 0 Å². The van der Waals surface area contributed by atoms with E-state index in [0.29, 0.717) is 12.3 Å². The van der Waals surface area contributed by atoms with E-state index in [1.807, 2.05) is 0 Å². The van der Waals surface area contributed by atoms with E-state index in [1.54, 1.807) is 0 Å². The van der Waals surface area contributed by atoms with Crippen molar-refractivity contribution in [3.8, 4) is 0 Å². The van der Waals surface area contributed by atoms with E-state index in [9.17, 15) is 4.79 Å². The van der Waals surface area contributed by atoms with E-state index < -0.39 is 0 Å². The Kier molecular flexibility index (Phi) is 1.85. The van der Waals surface area contributed by atoms with Crippen LogP contribution in [-0.4, -0.2) is 11.6 Å². The molecule has 68 valence electrons. The van der Waals surface area contributed by atoms with Crippen molar-refractivity contribution >= 4 is 5.97 Å². The lowest BCUT2D eigenvalue weighted by molar-refractivity contribution is -0.178. The number of fused-ring (bicyclic) bond motifs is 1. The van der Waals surface area contributed by atoms with Crippen molar-refractivity contribution in [1.29, 1.82) is 0 Å². The molecule has 1 saturated heterocycles. The van der Waals surface area contributed by atoms with Gasteiger partial charge in [0, 0.05) is 6.42 Å². The maximum absolute atomic E-state index is 11.1. The molecule has 0 aromatic heterocycles. The van der Waals surface area contributed by atoms with E-state index in [4.69, 9.17) is 4.74 Å². The Balaban J connectivity index is 2.12. The molecule has 2 unspecified atom stereocenters. The summed E-state index contributed by atoms with van der Waals surface area (Å²) in [5.41, 5.74) is -0.104. The molecule has 2 nitrogen and oxygen atoms in total. The van der Waals surface area contributed by atoms with Crippen LogP contribution in [0.2, 0.25) is 0 Å². The van der Waals surface area contributed by atoms with Gasteiger partial charge in [-0.2, -0.15) is 0 Å². The van der Waals surface area contributed by atoms with E-state index in [-0.39, 0.29) is 11.6 Å². The van der Waals surface area contributed by atoms with Gasteiger partial charge in [-0.1, -0.05) is 6.42 Å². The van der Waals surface area contributed by atoms with Crippen LogP contribution in [-0.2, 0) is 9.53 Å². The second-order valence-corrected chi connectivity index (χ2v) is 4.27. The molecule has 0 bridgehead atoms. The molecule has 0 amide bonds. The van der Waals surface area contributed by atoms with Crippen molar-refractivity contribution < 1.29 is 9.53 Å². The van der Waals surface area contributed by atoms with Gasteiger partial charge in [0.15, 0.2) is 0 Å². The molecule has 12 heavy (non-hydrogen) atoms. The molecule has 2 fully saturated rings. The molecule has 0 aromatic carbocycles. The summed E-state index contributed by atoms with van der Waals surface area (Å²) in [7, 11) is 0. The fourth-order valence-corrected chi connectivity index (χ4v) is 2.56. The molecule has 2 aliphatic rings. The molecule has 0 N–H and O–H groups in total. The number of hydrogen-bond acceptors (Lipinski definition) is 2. The summed E-state index contributed by atoms with van der Waals surface area (Å²) in [6, 6.07) is 0. The topological polar surface area (TPSA) is 26.3 Å². The zero-order chi connectivity index (χ0) is 8.60. The van der Waals surface area contributed by atoms with Crippen molar-refractivity contribution in [3.05, 3.63) is 0 Å². The average Bonchev–Trinajstić information content (AvgIpc) is 2.02. The van der Waals surface area contributed by atoms with Crippen LogP contribution in [0.5, 0.6) is 0 Å². The number of carbonyl (C=O) groups is 1. The largest absolute Gasteiger partial charge is 0.459 e. The molecule has 1 aliphatic heterocycles. The summed E-state index contributed by atoms with van der Waals surface area (Å²) in [5.74, 6) is 0.652. The third-order valence-electron chi connectivity index (χ3n) is 3.38. The van der Waals surface area contributed by atoms with E-state index in [0.717, 1.165) is 12.8 Å². The normalized spacial score (nSPS) is 41.8. The monoisotopic (exact) mass is 168 g/mol. The number of hydrogen-bond donors (Lipinski definition) is 0. The molecule has 1 aliphatic carbocycles. The summed E-state index contributed by atoms with van der Waals surface area (Å²) < 4.78 is 5.44. The van der Waals surface area contributed by atoms with Crippen LogP contribution in [0.15, 0.2) is 0 Å². The van der Waals surface area contributed by atoms with E-state index in [2.05, 4.69) is 6.92 Å². The minimum absolute atomic E-state index is 0.00986. The summed E-state index contributed by atoms with van der Waals surface area (Å²) in [5, 5.41) is 0. The molecule has 0 spiro atoms. The lowest BCUT2D eigenvalue weighted by Gasteiger charge is -2.43. The molecule has 0 radical (unpaired) electrons. The highest BCUT2D eigenvalue weighted by Gasteiger charge is 2.42. The van der Waals surface area contributed by atoms with Crippen molar-refractivity contribution in [2.24, 2.45) is 5.92 Å². The van der Waals surface area contributed by atoms with Crippen LogP contribution >= 0.6 is 0 Å². The van der Waals surface area contributed by atoms with Crippen LogP contribution in [0.1, 0.15) is 45.4 Å². The predicted molar refractivity (Wildman–Crippen MR) is 45.7 cm³/mol. The van der Waals surface area contributed by atoms with E-state index >= 15 is 0 Å². The highest BCUT2D eigenvalue weighted by molar-refractivity contribution is 5.70. The van der Waals surface area contributed by atoms with Gasteiger partial charge in [-0.05, 0) is 38.5 Å². The fourth-order valence-electron chi connectivity index (χ4n) is 2.56. The molecular weight excluding hydrogens is 152 g/mol. The summed E-state index contributed by atoms with van der Waals surface area (Å²) in [6.07, 6.45) is 6.56. The smallest absolute Gasteiger partial charge is 0.306 e. The zero-order valence-electron chi connectivity index (χ0n) is 7.64. The summed E-state index contributed by atoms with van der Waals surface area (Å²) >= 11 is 0. The van der Waals surface area contributed by atoms with Crippen molar-refractivity contribution in [2.75, 3.05) is 0 Å². The lowest BCUT2D eigenvalue weighted by Crippen LogP contribution is -2.45. The highest BCUT2D eigenvalue weighted by atomic mass is 16.6. The fraction of sp³-hybridized carbons (Fsp3) is 0.900. The minimum atomic E-state index is -0.104. The zero-order valence-corrected chi connectivity index (χ0v) is 7.64. The van der Waals surface area contributed by atoms with Gasteiger partial charge in [0.1, 0.15) is 5.60 Å². The lowest BCUT2D eigenvalue weighted by atomic mass is 9.73. The molecule has 0 aromatic rings. The Morgan fingerprint density at radius 1 is 1.42 bits per heavy atom. The van der Waals surface area contributed by atoms with E-state index in [1.165, 1.54) is 19.3 Å². The van der Waals surface area contributed by atoms with Crippen LogP contribution in [0.25, 0.3) is 0 Å². The van der Waals surface area contributed by atoms with Crippen molar-refractivity contribution in [2.45, 2.75) is 51.0 Å². The van der Waals surface area contributed by atoms with Gasteiger partial charge >= 0.3 is 5.97 Å². The Hall–Kier alpha value is -0.530. The third-order valence-corrected chi connectivity index (χ3v) is 3.38. The first-order chi connectivity index (χ1) is 5.71. The number of rotatable bonds is 0. The Labute approximate surface area is 73.3 Å². The van der Waals surface area contributed by atoms with Crippen LogP contribution < -0.4 is 0 Å². The predicted octanol–water partition coefficient (Wildman–Crippen LogP) is 2.27. The van der Waals surface area contributed by atoms with Gasteiger partial charge < -0.3 is 4.74 Å². The average molecular weight is 168 g/mol. The first-order valence-corrected chi connectivity index (χ1v) is 4.92. The quantitative estimate of drug-likeness (QED) is 0.519. The molecule has 1 heterocycles. The first-order valence-electron chi connectivity index (χ1n) is 4.92. The minimum Gasteiger partial charge on any atom is -0.459 e. The number of ether oxygens (including phenoxy) is 1. The first kappa shape index (κ1) is 8.09. The Morgan fingerprint density at radius 3 is 3.08 bits per heavy atom. The second-order valence-electron chi connectivity index (χ2n) is 4.27. The SMILES string of the molecule is CC12CCCCC1CCC(=O)O2. The maximum Gasteiger partial charge on any atom is 0.306 e. The van der Waals surface area contributed by atoms with Gasteiger partial charge in [0.05, 0.1) is 0 Å². The second kappa shape index (κ2) is 2.75. The maximum atomic E-state index is 11.1. The van der Waals surface area contributed by atoms with Gasteiger partial charge in [-0.15, -0.1) is 0 Å². The highest BCUT2D eigenvalue weighted by Crippen LogP contribution is 2.42. The van der Waals surface area contributed by atoms with Crippen molar-refractivity contribution in [1.82, 2.24) is 0 Å². The van der Waals surface area contributed by atoms with Crippen LogP contribution in [0, 0.1) is 5.92 Å². The molecule has 2 atom stereocenters. The standard InChI is InChI=1S/C10H16O2/c1-10-7-3-2-4-8(10)5-6-9(11)12-10/h8H,2-7H2,1H3. The van der Waals surface area contributed by atoms with Gasteiger partial charge in [-0.3, -0.25) is 4.79 Å². The Bertz CT molecular complexity index is 200. The molecule has 1 saturated carbocycles. The Morgan fingerprint density at radius 2 is 2.25 bits per heavy atom. The van der Waals surface area contributed by atoms with Crippen LogP contribution in [0.3, 0.4) is 0 Å². The summed E-state index contributed by atoms with van der Waals surface area (Å²) in [6.45, 7) is 2.11. The molecular formula is C10H16O2.